The summed E-state index contributed by atoms with van der Waals surface area (Å²) in [6.07, 6.45) is 0.831. The Hall–Kier alpha value is -3.56. The van der Waals surface area contributed by atoms with Crippen LogP contribution in [0.15, 0.2) is 108 Å². The number of para-hydroxylation sites is 1. The molecular formula is C34H34Cl3N3O4S. The van der Waals surface area contributed by atoms with Crippen LogP contribution in [-0.2, 0) is 32.6 Å². The van der Waals surface area contributed by atoms with E-state index in [-0.39, 0.29) is 40.5 Å². The summed E-state index contributed by atoms with van der Waals surface area (Å²) in [5, 5.41) is 3.75. The van der Waals surface area contributed by atoms with Crippen LogP contribution in [-0.4, -0.2) is 43.8 Å². The lowest BCUT2D eigenvalue weighted by atomic mass is 10.0. The second kappa shape index (κ2) is 15.6. The minimum Gasteiger partial charge on any atom is -0.352 e. The van der Waals surface area contributed by atoms with E-state index in [4.69, 9.17) is 34.8 Å². The minimum absolute atomic E-state index is 0.0197. The molecule has 1 N–H and O–H groups in total. The molecule has 2 atom stereocenters. The SMILES string of the molecule is CC[C@@H](C)NC(=O)[C@@H](Cc1ccccc1)N(Cc1c(Cl)cccc1Cl)C(=O)CN(c1ccccc1Cl)S(=O)(=O)c1ccccc1. The predicted octanol–water partition coefficient (Wildman–Crippen LogP) is 7.40. The molecule has 0 aliphatic heterocycles. The molecule has 11 heteroatoms. The molecule has 0 aliphatic rings. The number of nitrogens with one attached hydrogen (secondary N) is 1. The number of carbonyl (C=O) groups is 2. The molecule has 4 rings (SSSR count). The molecule has 0 unspecified atom stereocenters. The van der Waals surface area contributed by atoms with Gasteiger partial charge in [-0.25, -0.2) is 8.42 Å². The number of halogens is 3. The van der Waals surface area contributed by atoms with E-state index < -0.39 is 28.5 Å². The molecule has 0 spiro atoms. The Kier molecular flexibility index (Phi) is 11.9. The van der Waals surface area contributed by atoms with Crippen molar-refractivity contribution in [2.75, 3.05) is 10.8 Å². The van der Waals surface area contributed by atoms with Crippen LogP contribution < -0.4 is 9.62 Å². The Balaban J connectivity index is 1.85. The van der Waals surface area contributed by atoms with Crippen LogP contribution >= 0.6 is 34.8 Å². The van der Waals surface area contributed by atoms with E-state index >= 15 is 0 Å². The van der Waals surface area contributed by atoms with E-state index in [1.54, 1.807) is 54.6 Å². The summed E-state index contributed by atoms with van der Waals surface area (Å²) in [4.78, 5) is 29.8. The molecule has 236 valence electrons. The molecule has 0 heterocycles. The highest BCUT2D eigenvalue weighted by Gasteiger charge is 2.36. The first-order valence-corrected chi connectivity index (χ1v) is 17.0. The number of hydrogen-bond acceptors (Lipinski definition) is 4. The Bertz CT molecular complexity index is 1700. The molecule has 4 aromatic rings. The van der Waals surface area contributed by atoms with Gasteiger partial charge >= 0.3 is 0 Å². The number of carbonyl (C=O) groups excluding carboxylic acids is 2. The Morgan fingerprint density at radius 2 is 1.33 bits per heavy atom. The van der Waals surface area contributed by atoms with Crippen molar-refractivity contribution in [2.45, 2.75) is 50.2 Å². The minimum atomic E-state index is -4.27. The number of nitrogens with zero attached hydrogens (tertiary/aromatic N) is 2. The Labute approximate surface area is 279 Å². The highest BCUT2D eigenvalue weighted by molar-refractivity contribution is 7.92. The third-order valence-corrected chi connectivity index (χ3v) is 10.2. The molecule has 4 aromatic carbocycles. The number of benzene rings is 4. The first-order valence-electron chi connectivity index (χ1n) is 14.4. The first kappa shape index (κ1) is 34.3. The quantitative estimate of drug-likeness (QED) is 0.159. The summed E-state index contributed by atoms with van der Waals surface area (Å²) in [5.41, 5.74) is 1.36. The zero-order valence-electron chi connectivity index (χ0n) is 24.9. The van der Waals surface area contributed by atoms with Crippen molar-refractivity contribution in [2.24, 2.45) is 0 Å². The lowest BCUT2D eigenvalue weighted by Gasteiger charge is -2.34. The second-order valence-electron chi connectivity index (χ2n) is 10.5. The summed E-state index contributed by atoms with van der Waals surface area (Å²) in [5.74, 6) is -1.04. The summed E-state index contributed by atoms with van der Waals surface area (Å²) < 4.78 is 29.1. The van der Waals surface area contributed by atoms with Crippen LogP contribution in [0.5, 0.6) is 0 Å². The number of amides is 2. The lowest BCUT2D eigenvalue weighted by Crippen LogP contribution is -2.54. The van der Waals surface area contributed by atoms with Crippen LogP contribution in [0, 0.1) is 0 Å². The molecular weight excluding hydrogens is 653 g/mol. The molecule has 0 saturated carbocycles. The Morgan fingerprint density at radius 1 is 0.778 bits per heavy atom. The summed E-state index contributed by atoms with van der Waals surface area (Å²) in [7, 11) is -4.27. The van der Waals surface area contributed by atoms with Gasteiger partial charge in [0.2, 0.25) is 11.8 Å². The maximum absolute atomic E-state index is 14.5. The van der Waals surface area contributed by atoms with Crippen molar-refractivity contribution in [3.63, 3.8) is 0 Å². The summed E-state index contributed by atoms with van der Waals surface area (Å²) in [6.45, 7) is 3.02. The smallest absolute Gasteiger partial charge is 0.264 e. The Morgan fingerprint density at radius 3 is 1.93 bits per heavy atom. The number of anilines is 1. The molecule has 0 radical (unpaired) electrons. The number of rotatable bonds is 13. The standard InChI is InChI=1S/C34H34Cl3N3O4S/c1-3-24(2)38-34(42)32(21-25-13-6-4-7-14-25)39(22-27-28(35)18-12-19-29(27)36)33(41)23-40(31-20-11-10-17-30(31)37)45(43,44)26-15-8-5-9-16-26/h4-20,24,32H,3,21-23H2,1-2H3,(H,38,42)/t24-,32-/m1/s1. The van der Waals surface area contributed by atoms with Gasteiger partial charge in [-0.3, -0.25) is 13.9 Å². The summed E-state index contributed by atoms with van der Waals surface area (Å²) >= 11 is 19.6. The van der Waals surface area contributed by atoms with Crippen LogP contribution in [0.2, 0.25) is 15.1 Å². The van der Waals surface area contributed by atoms with Gasteiger partial charge in [0, 0.05) is 34.6 Å². The van der Waals surface area contributed by atoms with Crippen molar-refractivity contribution in [3.05, 3.63) is 129 Å². The van der Waals surface area contributed by atoms with Crippen LogP contribution in [0.1, 0.15) is 31.4 Å². The van der Waals surface area contributed by atoms with Crippen LogP contribution in [0.25, 0.3) is 0 Å². The maximum atomic E-state index is 14.5. The van der Waals surface area contributed by atoms with Crippen molar-refractivity contribution in [1.29, 1.82) is 0 Å². The van der Waals surface area contributed by atoms with Crippen molar-refractivity contribution >= 4 is 62.3 Å². The van der Waals surface area contributed by atoms with Gasteiger partial charge in [-0.2, -0.15) is 0 Å². The maximum Gasteiger partial charge on any atom is 0.264 e. The van der Waals surface area contributed by atoms with Gasteiger partial charge in [0.05, 0.1) is 15.6 Å². The van der Waals surface area contributed by atoms with E-state index in [1.807, 2.05) is 44.2 Å². The average Bonchev–Trinajstić information content (AvgIpc) is 3.03. The molecule has 7 nitrogen and oxygen atoms in total. The van der Waals surface area contributed by atoms with Crippen molar-refractivity contribution in [3.8, 4) is 0 Å². The van der Waals surface area contributed by atoms with Crippen molar-refractivity contribution < 1.29 is 18.0 Å². The zero-order chi connectivity index (χ0) is 32.6. The van der Waals surface area contributed by atoms with Crippen molar-refractivity contribution in [1.82, 2.24) is 10.2 Å². The topological polar surface area (TPSA) is 86.8 Å². The predicted molar refractivity (Wildman–Crippen MR) is 181 cm³/mol. The third-order valence-electron chi connectivity index (χ3n) is 7.39. The van der Waals surface area contributed by atoms with Gasteiger partial charge < -0.3 is 10.2 Å². The number of hydrogen-bond donors (Lipinski definition) is 1. The molecule has 45 heavy (non-hydrogen) atoms. The molecule has 0 saturated heterocycles. The molecule has 0 bridgehead atoms. The van der Waals surface area contributed by atoms with Gasteiger partial charge in [0.1, 0.15) is 12.6 Å². The second-order valence-corrected chi connectivity index (χ2v) is 13.6. The highest BCUT2D eigenvalue weighted by Crippen LogP contribution is 2.32. The molecule has 2 amide bonds. The van der Waals surface area contributed by atoms with Gasteiger partial charge in [-0.15, -0.1) is 0 Å². The van der Waals surface area contributed by atoms with E-state index in [2.05, 4.69) is 5.32 Å². The van der Waals surface area contributed by atoms with Gasteiger partial charge in [0.15, 0.2) is 0 Å². The average molecular weight is 687 g/mol. The molecule has 0 fully saturated rings. The largest absolute Gasteiger partial charge is 0.352 e. The van der Waals surface area contributed by atoms with E-state index in [0.717, 1.165) is 9.87 Å². The fourth-order valence-electron chi connectivity index (χ4n) is 4.74. The normalized spacial score (nSPS) is 12.6. The van der Waals surface area contributed by atoms with E-state index in [1.165, 1.54) is 23.1 Å². The van der Waals surface area contributed by atoms with Gasteiger partial charge in [0.25, 0.3) is 10.0 Å². The van der Waals surface area contributed by atoms with Crippen LogP contribution in [0.4, 0.5) is 5.69 Å². The highest BCUT2D eigenvalue weighted by atomic mass is 35.5. The van der Waals surface area contributed by atoms with Gasteiger partial charge in [-0.05, 0) is 55.3 Å². The summed E-state index contributed by atoms with van der Waals surface area (Å²) in [6, 6.07) is 27.2. The fraction of sp³-hybridized carbons (Fsp3) is 0.235. The van der Waals surface area contributed by atoms with Gasteiger partial charge in [-0.1, -0.05) is 108 Å². The van der Waals surface area contributed by atoms with E-state index in [9.17, 15) is 18.0 Å². The van der Waals surface area contributed by atoms with Crippen LogP contribution in [0.3, 0.4) is 0 Å². The molecule has 0 aliphatic carbocycles. The lowest BCUT2D eigenvalue weighted by molar-refractivity contribution is -0.140. The zero-order valence-corrected chi connectivity index (χ0v) is 28.0. The fourth-order valence-corrected chi connectivity index (χ4v) is 6.99. The third kappa shape index (κ3) is 8.58. The molecule has 0 aromatic heterocycles. The first-order chi connectivity index (χ1) is 21.5. The monoisotopic (exact) mass is 685 g/mol. The number of sulfonamides is 1. The van der Waals surface area contributed by atoms with E-state index in [0.29, 0.717) is 22.0 Å².